The molecule has 0 aliphatic carbocycles. The molecule has 0 aliphatic rings. The van der Waals surface area contributed by atoms with Crippen molar-refractivity contribution in [2.24, 2.45) is 0 Å². The Bertz CT molecular complexity index is 1290. The third-order valence-electron chi connectivity index (χ3n) is 6.04. The summed E-state index contributed by atoms with van der Waals surface area (Å²) in [6, 6.07) is 24.9. The molecule has 3 aromatic rings. The molecule has 224 valence electrons. The Morgan fingerprint density at radius 1 is 0.762 bits per heavy atom. The van der Waals surface area contributed by atoms with E-state index in [0.717, 1.165) is 37.1 Å². The van der Waals surface area contributed by atoms with Gasteiger partial charge in [-0.3, -0.25) is 9.59 Å². The third kappa shape index (κ3) is 12.3. The van der Waals surface area contributed by atoms with Crippen LogP contribution < -0.4 is 26.0 Å². The van der Waals surface area contributed by atoms with Gasteiger partial charge in [-0.25, -0.2) is 4.79 Å². The lowest BCUT2D eigenvalue weighted by molar-refractivity contribution is -0.120. The number of carbonyl (C=O) groups excluding carboxylic acids is 3. The first-order valence-corrected chi connectivity index (χ1v) is 14.3. The fraction of sp³-hybridized carbons (Fsp3) is 0.364. The van der Waals surface area contributed by atoms with Gasteiger partial charge in [-0.2, -0.15) is 0 Å². The lowest BCUT2D eigenvalue weighted by Gasteiger charge is -2.19. The van der Waals surface area contributed by atoms with Gasteiger partial charge < -0.3 is 30.7 Å². The van der Waals surface area contributed by atoms with Gasteiger partial charge >= 0.3 is 6.09 Å². The average molecular weight is 575 g/mol. The second-order valence-corrected chi connectivity index (χ2v) is 10.8. The second kappa shape index (κ2) is 16.7. The molecule has 9 nitrogen and oxygen atoms in total. The van der Waals surface area contributed by atoms with E-state index >= 15 is 0 Å². The third-order valence-corrected chi connectivity index (χ3v) is 6.04. The molecule has 0 aromatic heterocycles. The molecule has 9 heteroatoms. The van der Waals surface area contributed by atoms with Gasteiger partial charge in [-0.15, -0.1) is 0 Å². The number of hydrogen-bond donors (Lipinski definition) is 4. The smallest absolute Gasteiger partial charge is 0.407 e. The molecule has 3 aromatic carbocycles. The minimum atomic E-state index is -0.521. The normalized spacial score (nSPS) is 10.8. The van der Waals surface area contributed by atoms with Gasteiger partial charge in [0.1, 0.15) is 11.4 Å². The van der Waals surface area contributed by atoms with Crippen molar-refractivity contribution in [1.82, 2.24) is 16.0 Å². The number of hydrogen-bond acceptors (Lipinski definition) is 6. The highest BCUT2D eigenvalue weighted by Crippen LogP contribution is 2.24. The standard InChI is InChI=1S/C33H42N4O5/c1-33(2,3)42-32(40)35-21-11-5-10-20-34-30(38)24-36-31(39)28-17-8-9-18-29(28)37-26-15-12-16-27(23-26)41-22-19-25-13-6-4-7-14-25/h4,6-9,12-18,23,37H,5,10-11,19-22,24H2,1-3H3,(H,34,38)(H,35,40)(H,36,39). The van der Waals surface area contributed by atoms with Gasteiger partial charge in [0, 0.05) is 31.3 Å². The van der Waals surface area contributed by atoms with Crippen molar-refractivity contribution in [3.05, 3.63) is 90.0 Å². The number of unbranched alkanes of at least 4 members (excludes halogenated alkanes) is 2. The summed E-state index contributed by atoms with van der Waals surface area (Å²) in [5, 5.41) is 11.5. The predicted molar refractivity (Wildman–Crippen MR) is 165 cm³/mol. The first-order chi connectivity index (χ1) is 20.2. The molecular weight excluding hydrogens is 532 g/mol. The fourth-order valence-electron chi connectivity index (χ4n) is 4.02. The summed E-state index contributed by atoms with van der Waals surface area (Å²) in [6.45, 7) is 6.88. The summed E-state index contributed by atoms with van der Waals surface area (Å²) in [7, 11) is 0. The van der Waals surface area contributed by atoms with E-state index in [1.165, 1.54) is 5.56 Å². The highest BCUT2D eigenvalue weighted by molar-refractivity contribution is 6.01. The van der Waals surface area contributed by atoms with Crippen LogP contribution in [-0.2, 0) is 16.0 Å². The van der Waals surface area contributed by atoms with Crippen molar-refractivity contribution in [2.75, 3.05) is 31.6 Å². The summed E-state index contributed by atoms with van der Waals surface area (Å²) >= 11 is 0. The number of carbonyl (C=O) groups is 3. The van der Waals surface area contributed by atoms with Crippen molar-refractivity contribution in [3.8, 4) is 5.75 Å². The van der Waals surface area contributed by atoms with Crippen LogP contribution in [0.2, 0.25) is 0 Å². The van der Waals surface area contributed by atoms with Gasteiger partial charge in [0.25, 0.3) is 5.91 Å². The average Bonchev–Trinajstić information content (AvgIpc) is 2.95. The van der Waals surface area contributed by atoms with E-state index < -0.39 is 11.7 Å². The lowest BCUT2D eigenvalue weighted by Crippen LogP contribution is -2.37. The molecule has 0 unspecified atom stereocenters. The van der Waals surface area contributed by atoms with E-state index in [9.17, 15) is 14.4 Å². The van der Waals surface area contributed by atoms with Crippen LogP contribution in [0.25, 0.3) is 0 Å². The highest BCUT2D eigenvalue weighted by atomic mass is 16.6. The number of alkyl carbamates (subject to hydrolysis) is 1. The van der Waals surface area contributed by atoms with E-state index in [1.54, 1.807) is 12.1 Å². The number of para-hydroxylation sites is 1. The molecule has 0 heterocycles. The molecule has 0 spiro atoms. The minimum absolute atomic E-state index is 0.127. The lowest BCUT2D eigenvalue weighted by atomic mass is 10.1. The van der Waals surface area contributed by atoms with Crippen molar-refractivity contribution in [3.63, 3.8) is 0 Å². The number of benzene rings is 3. The van der Waals surface area contributed by atoms with Crippen LogP contribution >= 0.6 is 0 Å². The van der Waals surface area contributed by atoms with Gasteiger partial charge in [0.05, 0.1) is 24.4 Å². The summed E-state index contributed by atoms with van der Waals surface area (Å²) in [6.07, 6.45) is 2.75. The zero-order chi connectivity index (χ0) is 30.2. The Morgan fingerprint density at radius 3 is 2.24 bits per heavy atom. The molecule has 0 fully saturated rings. The minimum Gasteiger partial charge on any atom is -0.493 e. The van der Waals surface area contributed by atoms with Gasteiger partial charge in [0.15, 0.2) is 0 Å². The summed E-state index contributed by atoms with van der Waals surface area (Å²) < 4.78 is 11.1. The molecule has 0 aliphatic heterocycles. The van der Waals surface area contributed by atoms with Crippen LogP contribution in [0.15, 0.2) is 78.9 Å². The zero-order valence-electron chi connectivity index (χ0n) is 24.7. The molecular formula is C33H42N4O5. The van der Waals surface area contributed by atoms with Gasteiger partial charge in [-0.05, 0) is 69.9 Å². The highest BCUT2D eigenvalue weighted by Gasteiger charge is 2.15. The van der Waals surface area contributed by atoms with E-state index in [1.807, 2.05) is 75.4 Å². The maximum Gasteiger partial charge on any atom is 0.407 e. The van der Waals surface area contributed by atoms with Crippen molar-refractivity contribution in [2.45, 2.75) is 52.1 Å². The SMILES string of the molecule is CC(C)(C)OC(=O)NCCCCCNC(=O)CNC(=O)c1ccccc1Nc1cccc(OCCc2ccccc2)c1. The predicted octanol–water partition coefficient (Wildman–Crippen LogP) is 5.59. The summed E-state index contributed by atoms with van der Waals surface area (Å²) in [4.78, 5) is 36.8. The maximum absolute atomic E-state index is 12.9. The molecule has 0 saturated carbocycles. The summed E-state index contributed by atoms with van der Waals surface area (Å²) in [5.74, 6) is 0.117. The first kappa shape index (κ1) is 32.0. The number of ether oxygens (including phenoxy) is 2. The molecule has 0 radical (unpaired) electrons. The Morgan fingerprint density at radius 2 is 1.48 bits per heavy atom. The van der Waals surface area contributed by atoms with Crippen molar-refractivity contribution in [1.29, 1.82) is 0 Å². The monoisotopic (exact) mass is 574 g/mol. The van der Waals surface area contributed by atoms with Crippen LogP contribution in [0.5, 0.6) is 5.75 Å². The Balaban J connectivity index is 1.37. The largest absolute Gasteiger partial charge is 0.493 e. The molecule has 4 N–H and O–H groups in total. The molecule has 3 amide bonds. The van der Waals surface area contributed by atoms with Crippen molar-refractivity contribution >= 4 is 29.3 Å². The number of nitrogens with one attached hydrogen (secondary N) is 4. The molecule has 3 rings (SSSR count). The van der Waals surface area contributed by atoms with E-state index in [2.05, 4.69) is 33.4 Å². The van der Waals surface area contributed by atoms with Crippen LogP contribution in [0, 0.1) is 0 Å². The molecule has 0 saturated heterocycles. The molecule has 0 atom stereocenters. The zero-order valence-corrected chi connectivity index (χ0v) is 24.7. The number of amides is 3. The topological polar surface area (TPSA) is 118 Å². The molecule has 42 heavy (non-hydrogen) atoms. The second-order valence-electron chi connectivity index (χ2n) is 10.8. The van der Waals surface area contributed by atoms with Gasteiger partial charge in [-0.1, -0.05) is 48.5 Å². The first-order valence-electron chi connectivity index (χ1n) is 14.3. The maximum atomic E-state index is 12.9. The summed E-state index contributed by atoms with van der Waals surface area (Å²) in [5.41, 5.74) is 2.53. The Labute approximate surface area is 248 Å². The van der Waals surface area contributed by atoms with E-state index in [4.69, 9.17) is 9.47 Å². The fourth-order valence-corrected chi connectivity index (χ4v) is 4.02. The number of rotatable bonds is 15. The van der Waals surface area contributed by atoms with Crippen LogP contribution in [0.3, 0.4) is 0 Å². The Kier molecular flexibility index (Phi) is 12.7. The van der Waals surface area contributed by atoms with E-state index in [0.29, 0.717) is 30.9 Å². The van der Waals surface area contributed by atoms with E-state index in [-0.39, 0.29) is 18.4 Å². The quantitative estimate of drug-likeness (QED) is 0.176. The number of anilines is 2. The molecule has 0 bridgehead atoms. The van der Waals surface area contributed by atoms with Crippen LogP contribution in [0.4, 0.5) is 16.2 Å². The van der Waals surface area contributed by atoms with Gasteiger partial charge in [0.2, 0.25) is 5.91 Å². The van der Waals surface area contributed by atoms with Crippen molar-refractivity contribution < 1.29 is 23.9 Å². The van der Waals surface area contributed by atoms with Crippen LogP contribution in [-0.4, -0.2) is 49.7 Å². The van der Waals surface area contributed by atoms with Crippen LogP contribution in [0.1, 0.15) is 56.0 Å². The Hall–Kier alpha value is -4.53.